The van der Waals surface area contributed by atoms with Gasteiger partial charge in [-0.05, 0) is 43.5 Å². The molecule has 30 heavy (non-hydrogen) atoms. The van der Waals surface area contributed by atoms with Crippen LogP contribution in [0.15, 0.2) is 48.0 Å². The fourth-order valence-electron chi connectivity index (χ4n) is 3.10. The molecule has 158 valence electrons. The second kappa shape index (κ2) is 8.83. The number of carbonyl (C=O) groups is 2. The van der Waals surface area contributed by atoms with Crippen molar-refractivity contribution >= 4 is 23.0 Å². The van der Waals surface area contributed by atoms with Crippen molar-refractivity contribution in [1.82, 2.24) is 15.1 Å². The lowest BCUT2D eigenvalue weighted by Gasteiger charge is -2.14. The van der Waals surface area contributed by atoms with Crippen LogP contribution < -0.4 is 5.32 Å². The van der Waals surface area contributed by atoms with Crippen LogP contribution in [0.3, 0.4) is 0 Å². The normalized spacial score (nSPS) is 12.6. The lowest BCUT2D eigenvalue weighted by molar-refractivity contribution is -0.137. The molecule has 0 bridgehead atoms. The number of benzene rings is 1. The Labute approximate surface area is 175 Å². The molecule has 2 heterocycles. The van der Waals surface area contributed by atoms with E-state index in [0.29, 0.717) is 16.1 Å². The third-order valence-electron chi connectivity index (χ3n) is 4.68. The molecule has 3 rings (SSSR count). The van der Waals surface area contributed by atoms with Gasteiger partial charge >= 0.3 is 6.18 Å². The molecule has 0 spiro atoms. The molecular formula is C21H20F3N3O2S. The Morgan fingerprint density at radius 2 is 1.97 bits per heavy atom. The first kappa shape index (κ1) is 21.8. The number of nitrogens with one attached hydrogen (secondary N) is 1. The molecule has 1 aromatic carbocycles. The van der Waals surface area contributed by atoms with Crippen molar-refractivity contribution in [2.24, 2.45) is 0 Å². The number of thiophene rings is 1. The number of amides is 1. The second-order valence-electron chi connectivity index (χ2n) is 6.83. The first-order valence-corrected chi connectivity index (χ1v) is 10.1. The van der Waals surface area contributed by atoms with E-state index in [0.717, 1.165) is 12.1 Å². The highest BCUT2D eigenvalue weighted by Crippen LogP contribution is 2.31. The van der Waals surface area contributed by atoms with E-state index in [1.165, 1.54) is 28.3 Å². The number of hydrogen-bond acceptors (Lipinski definition) is 4. The van der Waals surface area contributed by atoms with Gasteiger partial charge in [0, 0.05) is 24.1 Å². The molecule has 0 saturated heterocycles. The number of nitrogens with zero attached hydrogens (tertiary/aromatic N) is 2. The van der Waals surface area contributed by atoms with E-state index in [9.17, 15) is 22.8 Å². The number of carbonyl (C=O) groups excluding carboxylic acids is 2. The molecule has 0 fully saturated rings. The van der Waals surface area contributed by atoms with Crippen LogP contribution in [0.5, 0.6) is 0 Å². The monoisotopic (exact) mass is 435 g/mol. The number of aromatic nitrogens is 2. The lowest BCUT2D eigenvalue weighted by atomic mass is 10.1. The van der Waals surface area contributed by atoms with E-state index >= 15 is 0 Å². The number of halogens is 3. The quantitative estimate of drug-likeness (QED) is 0.525. The van der Waals surface area contributed by atoms with E-state index in [1.807, 2.05) is 0 Å². The fourth-order valence-corrected chi connectivity index (χ4v) is 3.79. The summed E-state index contributed by atoms with van der Waals surface area (Å²) in [5, 5.41) is 8.81. The Kier molecular flexibility index (Phi) is 6.40. The molecule has 1 unspecified atom stereocenters. The minimum atomic E-state index is -4.44. The molecule has 2 aromatic heterocycles. The largest absolute Gasteiger partial charge is 0.416 e. The van der Waals surface area contributed by atoms with Crippen molar-refractivity contribution in [1.29, 1.82) is 0 Å². The minimum Gasteiger partial charge on any atom is -0.349 e. The summed E-state index contributed by atoms with van der Waals surface area (Å²) in [5.74, 6) is -0.361. The van der Waals surface area contributed by atoms with Gasteiger partial charge < -0.3 is 5.32 Å². The van der Waals surface area contributed by atoms with Crippen molar-refractivity contribution in [3.05, 3.63) is 69.7 Å². The van der Waals surface area contributed by atoms with Crippen LogP contribution in [0.1, 0.15) is 52.3 Å². The third-order valence-corrected chi connectivity index (χ3v) is 5.60. The van der Waals surface area contributed by atoms with Gasteiger partial charge in [0.15, 0.2) is 5.78 Å². The van der Waals surface area contributed by atoms with Crippen molar-refractivity contribution in [2.45, 2.75) is 38.9 Å². The summed E-state index contributed by atoms with van der Waals surface area (Å²) in [6, 6.07) is 8.00. The summed E-state index contributed by atoms with van der Waals surface area (Å²) in [5.41, 5.74) is 0.837. The van der Waals surface area contributed by atoms with Crippen molar-refractivity contribution in [2.75, 3.05) is 0 Å². The van der Waals surface area contributed by atoms with Crippen LogP contribution in [0, 0.1) is 6.92 Å². The molecule has 1 amide bonds. The van der Waals surface area contributed by atoms with Crippen molar-refractivity contribution < 1.29 is 22.8 Å². The fraction of sp³-hybridized carbons (Fsp3) is 0.286. The highest BCUT2D eigenvalue weighted by atomic mass is 32.1. The first-order valence-electron chi connectivity index (χ1n) is 9.25. The number of ketones is 1. The predicted molar refractivity (Wildman–Crippen MR) is 108 cm³/mol. The highest BCUT2D eigenvalue weighted by molar-refractivity contribution is 7.12. The van der Waals surface area contributed by atoms with Gasteiger partial charge in [-0.3, -0.25) is 9.59 Å². The Balaban J connectivity index is 1.66. The first-order chi connectivity index (χ1) is 14.2. The van der Waals surface area contributed by atoms with E-state index in [-0.39, 0.29) is 30.2 Å². The van der Waals surface area contributed by atoms with Crippen molar-refractivity contribution in [3.8, 4) is 5.69 Å². The topological polar surface area (TPSA) is 64.0 Å². The van der Waals surface area contributed by atoms with Crippen LogP contribution in [0.4, 0.5) is 13.2 Å². The van der Waals surface area contributed by atoms with Gasteiger partial charge in [-0.2, -0.15) is 18.3 Å². The minimum absolute atomic E-state index is 0.0574. The summed E-state index contributed by atoms with van der Waals surface area (Å²) in [6.07, 6.45) is -2.75. The molecule has 5 nitrogen and oxygen atoms in total. The third kappa shape index (κ3) is 4.96. The van der Waals surface area contributed by atoms with Gasteiger partial charge in [-0.1, -0.05) is 12.1 Å². The summed E-state index contributed by atoms with van der Waals surface area (Å²) in [4.78, 5) is 24.9. The van der Waals surface area contributed by atoms with E-state index in [1.54, 1.807) is 37.4 Å². The summed E-state index contributed by atoms with van der Waals surface area (Å²) >= 11 is 1.34. The number of alkyl halides is 3. The molecule has 0 aliphatic carbocycles. The average Bonchev–Trinajstić information content (AvgIpc) is 3.35. The van der Waals surface area contributed by atoms with Gasteiger partial charge in [0.25, 0.3) is 0 Å². The molecule has 1 N–H and O–H groups in total. The molecule has 0 aliphatic rings. The maximum Gasteiger partial charge on any atom is 0.416 e. The van der Waals surface area contributed by atoms with E-state index in [2.05, 4.69) is 10.4 Å². The lowest BCUT2D eigenvalue weighted by Crippen LogP contribution is -2.27. The zero-order valence-electron chi connectivity index (χ0n) is 16.4. The van der Waals surface area contributed by atoms with Crippen LogP contribution in [-0.2, 0) is 11.0 Å². The van der Waals surface area contributed by atoms with Crippen LogP contribution in [0.2, 0.25) is 0 Å². The molecule has 9 heteroatoms. The van der Waals surface area contributed by atoms with Crippen LogP contribution in [-0.4, -0.2) is 21.5 Å². The zero-order chi connectivity index (χ0) is 21.9. The van der Waals surface area contributed by atoms with Gasteiger partial charge in [-0.15, -0.1) is 11.3 Å². The Bertz CT molecular complexity index is 1040. The molecule has 0 saturated carbocycles. The maximum absolute atomic E-state index is 13.0. The smallest absolute Gasteiger partial charge is 0.349 e. The Morgan fingerprint density at radius 1 is 1.20 bits per heavy atom. The number of Topliss-reactive ketones (excluding diaryl/α,β-unsaturated/α-hetero) is 1. The average molecular weight is 435 g/mol. The second-order valence-corrected chi connectivity index (χ2v) is 7.78. The summed E-state index contributed by atoms with van der Waals surface area (Å²) in [6.45, 7) is 3.49. The van der Waals surface area contributed by atoms with Gasteiger partial charge in [-0.25, -0.2) is 4.68 Å². The van der Waals surface area contributed by atoms with Gasteiger partial charge in [0.1, 0.15) is 0 Å². The van der Waals surface area contributed by atoms with Crippen LogP contribution in [0.25, 0.3) is 5.69 Å². The highest BCUT2D eigenvalue weighted by Gasteiger charge is 2.30. The number of rotatable bonds is 7. The molecule has 0 aliphatic heterocycles. The van der Waals surface area contributed by atoms with Crippen molar-refractivity contribution in [3.63, 3.8) is 0 Å². The van der Waals surface area contributed by atoms with Gasteiger partial charge in [0.05, 0.1) is 28.4 Å². The zero-order valence-corrected chi connectivity index (χ0v) is 17.2. The van der Waals surface area contributed by atoms with Crippen LogP contribution >= 0.6 is 11.3 Å². The summed E-state index contributed by atoms with van der Waals surface area (Å²) < 4.78 is 40.3. The maximum atomic E-state index is 13.0. The number of hydrogen-bond donors (Lipinski definition) is 1. The van der Waals surface area contributed by atoms with E-state index < -0.39 is 17.8 Å². The standard InChI is InChI=1S/C21H20F3N3O2S/c1-13(26-20(29)9-8-18(28)19-7-4-10-30-19)17-12-25-27(14(17)2)16-6-3-5-15(11-16)21(22,23)24/h3-7,10-13H,8-9H2,1-2H3,(H,26,29). The summed E-state index contributed by atoms with van der Waals surface area (Å²) in [7, 11) is 0. The Hall–Kier alpha value is -2.94. The Morgan fingerprint density at radius 3 is 2.63 bits per heavy atom. The molecular weight excluding hydrogens is 415 g/mol. The molecule has 1 atom stereocenters. The molecule has 3 aromatic rings. The SMILES string of the molecule is Cc1c(C(C)NC(=O)CCC(=O)c2cccs2)cnn1-c1cccc(C(F)(F)F)c1. The van der Waals surface area contributed by atoms with Gasteiger partial charge in [0.2, 0.25) is 5.91 Å². The predicted octanol–water partition coefficient (Wildman–Crippen LogP) is 5.10. The molecule has 0 radical (unpaired) electrons. The van der Waals surface area contributed by atoms with E-state index in [4.69, 9.17) is 0 Å².